The molecule has 2 heterocycles. The molecule has 0 spiro atoms. The van der Waals surface area contributed by atoms with Gasteiger partial charge >= 0.3 is 0 Å². The van der Waals surface area contributed by atoms with Gasteiger partial charge < -0.3 is 15.4 Å². The first kappa shape index (κ1) is 15.5. The third-order valence-electron chi connectivity index (χ3n) is 4.36. The van der Waals surface area contributed by atoms with Crippen molar-refractivity contribution in [2.45, 2.75) is 31.8 Å². The first-order chi connectivity index (χ1) is 10.8. The Kier molecular flexibility index (Phi) is 5.43. The zero-order valence-electron chi connectivity index (χ0n) is 13.0. The Morgan fingerprint density at radius 1 is 1.23 bits per heavy atom. The quantitative estimate of drug-likeness (QED) is 0.887. The van der Waals surface area contributed by atoms with E-state index < -0.39 is 0 Å². The number of carbonyl (C=O) groups is 1. The van der Waals surface area contributed by atoms with Crippen LogP contribution in [0.3, 0.4) is 0 Å². The molecule has 2 aliphatic rings. The van der Waals surface area contributed by atoms with Gasteiger partial charge in [-0.3, -0.25) is 9.69 Å². The van der Waals surface area contributed by atoms with E-state index in [1.54, 1.807) is 0 Å². The summed E-state index contributed by atoms with van der Waals surface area (Å²) in [5.41, 5.74) is 2.15. The van der Waals surface area contributed by atoms with Gasteiger partial charge in [0, 0.05) is 25.3 Å². The van der Waals surface area contributed by atoms with Gasteiger partial charge in [0.2, 0.25) is 5.91 Å². The van der Waals surface area contributed by atoms with Gasteiger partial charge in [0.1, 0.15) is 0 Å². The highest BCUT2D eigenvalue weighted by molar-refractivity contribution is 5.94. The van der Waals surface area contributed by atoms with Crippen LogP contribution in [0.25, 0.3) is 0 Å². The van der Waals surface area contributed by atoms with Crippen LogP contribution >= 0.6 is 0 Å². The van der Waals surface area contributed by atoms with E-state index in [4.69, 9.17) is 4.74 Å². The molecule has 0 radical (unpaired) electrons. The average Bonchev–Trinajstić information content (AvgIpc) is 2.58. The molecule has 120 valence electrons. The largest absolute Gasteiger partial charge is 0.379 e. The van der Waals surface area contributed by atoms with Gasteiger partial charge in [0.15, 0.2) is 0 Å². The van der Waals surface area contributed by atoms with Crippen LogP contribution in [0, 0.1) is 0 Å². The topological polar surface area (TPSA) is 53.6 Å². The van der Waals surface area contributed by atoms with Crippen LogP contribution < -0.4 is 10.6 Å². The number of morpholine rings is 1. The first-order valence-corrected chi connectivity index (χ1v) is 8.24. The number of nitrogens with zero attached hydrogens (tertiary/aromatic N) is 1. The highest BCUT2D eigenvalue weighted by Crippen LogP contribution is 2.14. The summed E-state index contributed by atoms with van der Waals surface area (Å²) in [6.07, 6.45) is 3.23. The molecule has 0 bridgehead atoms. The Morgan fingerprint density at radius 3 is 2.68 bits per heavy atom. The molecule has 0 aliphatic carbocycles. The summed E-state index contributed by atoms with van der Waals surface area (Å²) < 4.78 is 5.36. The summed E-state index contributed by atoms with van der Waals surface area (Å²) >= 11 is 0. The normalized spacial score (nSPS) is 23.2. The minimum Gasteiger partial charge on any atom is -0.379 e. The first-order valence-electron chi connectivity index (χ1n) is 8.24. The molecule has 1 aromatic carbocycles. The van der Waals surface area contributed by atoms with Crippen LogP contribution in [0.1, 0.15) is 24.8 Å². The van der Waals surface area contributed by atoms with Gasteiger partial charge in [-0.05, 0) is 37.1 Å². The Hall–Kier alpha value is -1.43. The molecule has 3 rings (SSSR count). The highest BCUT2D eigenvalue weighted by atomic mass is 16.5. The van der Waals surface area contributed by atoms with E-state index >= 15 is 0 Å². The van der Waals surface area contributed by atoms with Crippen LogP contribution in [0.4, 0.5) is 5.69 Å². The molecule has 5 heteroatoms. The Balaban J connectivity index is 1.51. The minimum atomic E-state index is -0.0400. The van der Waals surface area contributed by atoms with E-state index in [1.807, 2.05) is 12.1 Å². The van der Waals surface area contributed by atoms with E-state index in [1.165, 1.54) is 12.0 Å². The number of nitrogens with one attached hydrogen (secondary N) is 2. The average molecular weight is 303 g/mol. The molecular formula is C17H25N3O2. The van der Waals surface area contributed by atoms with Crippen LogP contribution in [-0.2, 0) is 16.1 Å². The fraction of sp³-hybridized carbons (Fsp3) is 0.588. The fourth-order valence-electron chi connectivity index (χ4n) is 3.02. The van der Waals surface area contributed by atoms with E-state index in [-0.39, 0.29) is 11.9 Å². The van der Waals surface area contributed by atoms with E-state index in [0.717, 1.165) is 57.9 Å². The molecule has 22 heavy (non-hydrogen) atoms. The summed E-state index contributed by atoms with van der Waals surface area (Å²) in [7, 11) is 0. The van der Waals surface area contributed by atoms with Crippen molar-refractivity contribution in [3.05, 3.63) is 29.8 Å². The number of carbonyl (C=O) groups excluding carboxylic acids is 1. The maximum atomic E-state index is 12.2. The van der Waals surface area contributed by atoms with Crippen molar-refractivity contribution in [1.82, 2.24) is 10.2 Å². The SMILES string of the molecule is O=C(Nc1ccc(CN2CCOCC2)cc1)C1CCCCN1. The van der Waals surface area contributed by atoms with Crippen molar-refractivity contribution >= 4 is 11.6 Å². The van der Waals surface area contributed by atoms with Gasteiger partial charge in [0.05, 0.1) is 19.3 Å². The van der Waals surface area contributed by atoms with Crippen molar-refractivity contribution < 1.29 is 9.53 Å². The van der Waals surface area contributed by atoms with Crippen molar-refractivity contribution in [3.63, 3.8) is 0 Å². The lowest BCUT2D eigenvalue weighted by Crippen LogP contribution is -2.43. The summed E-state index contributed by atoms with van der Waals surface area (Å²) in [6.45, 7) is 5.51. The third kappa shape index (κ3) is 4.29. The zero-order valence-corrected chi connectivity index (χ0v) is 13.0. The molecule has 0 aromatic heterocycles. The molecule has 1 unspecified atom stereocenters. The number of piperidine rings is 1. The number of anilines is 1. The maximum absolute atomic E-state index is 12.2. The number of hydrogen-bond donors (Lipinski definition) is 2. The number of hydrogen-bond acceptors (Lipinski definition) is 4. The molecule has 0 saturated carbocycles. The van der Waals surface area contributed by atoms with E-state index in [9.17, 15) is 4.79 Å². The molecule has 2 aliphatic heterocycles. The van der Waals surface area contributed by atoms with Gasteiger partial charge in [-0.2, -0.15) is 0 Å². The van der Waals surface area contributed by atoms with E-state index in [2.05, 4.69) is 27.7 Å². The number of rotatable bonds is 4. The third-order valence-corrected chi connectivity index (χ3v) is 4.36. The van der Waals surface area contributed by atoms with Crippen molar-refractivity contribution in [2.24, 2.45) is 0 Å². The van der Waals surface area contributed by atoms with Crippen LogP contribution in [0.15, 0.2) is 24.3 Å². The molecule has 1 amide bonds. The summed E-state index contributed by atoms with van der Waals surface area (Å²) in [4.78, 5) is 14.6. The van der Waals surface area contributed by atoms with Gasteiger partial charge in [-0.15, -0.1) is 0 Å². The second-order valence-corrected chi connectivity index (χ2v) is 6.08. The van der Waals surface area contributed by atoms with Crippen LogP contribution in [-0.4, -0.2) is 49.7 Å². The fourth-order valence-corrected chi connectivity index (χ4v) is 3.02. The monoisotopic (exact) mass is 303 g/mol. The summed E-state index contributed by atoms with van der Waals surface area (Å²) in [5.74, 6) is 0.0839. The highest BCUT2D eigenvalue weighted by Gasteiger charge is 2.20. The van der Waals surface area contributed by atoms with Crippen LogP contribution in [0.5, 0.6) is 0 Å². The molecule has 1 atom stereocenters. The predicted molar refractivity (Wildman–Crippen MR) is 86.8 cm³/mol. The maximum Gasteiger partial charge on any atom is 0.241 e. The second-order valence-electron chi connectivity index (χ2n) is 6.08. The molecule has 2 saturated heterocycles. The van der Waals surface area contributed by atoms with Crippen molar-refractivity contribution in [2.75, 3.05) is 38.2 Å². The van der Waals surface area contributed by atoms with Gasteiger partial charge in [-0.25, -0.2) is 0 Å². The smallest absolute Gasteiger partial charge is 0.241 e. The van der Waals surface area contributed by atoms with Gasteiger partial charge in [-0.1, -0.05) is 18.6 Å². The predicted octanol–water partition coefficient (Wildman–Crippen LogP) is 1.60. The number of ether oxygens (including phenoxy) is 1. The van der Waals surface area contributed by atoms with Gasteiger partial charge in [0.25, 0.3) is 0 Å². The van der Waals surface area contributed by atoms with E-state index in [0.29, 0.717) is 0 Å². The van der Waals surface area contributed by atoms with Crippen molar-refractivity contribution in [3.8, 4) is 0 Å². The second kappa shape index (κ2) is 7.72. The van der Waals surface area contributed by atoms with Crippen molar-refractivity contribution in [1.29, 1.82) is 0 Å². The number of benzene rings is 1. The number of amides is 1. The molecule has 1 aromatic rings. The molecule has 2 fully saturated rings. The minimum absolute atomic E-state index is 0.0400. The van der Waals surface area contributed by atoms with Crippen LogP contribution in [0.2, 0.25) is 0 Å². The Labute approximate surface area is 132 Å². The molecule has 5 nitrogen and oxygen atoms in total. The lowest BCUT2D eigenvalue weighted by Gasteiger charge is -2.26. The Bertz CT molecular complexity index is 477. The zero-order chi connectivity index (χ0) is 15.2. The summed E-state index contributed by atoms with van der Waals surface area (Å²) in [6, 6.07) is 8.15. The lowest BCUT2D eigenvalue weighted by molar-refractivity contribution is -0.118. The molecule has 2 N–H and O–H groups in total. The summed E-state index contributed by atoms with van der Waals surface area (Å²) in [5, 5.41) is 6.28. The Morgan fingerprint density at radius 2 is 2.00 bits per heavy atom. The molecular weight excluding hydrogens is 278 g/mol. The lowest BCUT2D eigenvalue weighted by atomic mass is 10.0. The standard InChI is InChI=1S/C17H25N3O2/c21-17(16-3-1-2-8-18-16)19-15-6-4-14(5-7-15)13-20-9-11-22-12-10-20/h4-7,16,18H,1-3,8-13H2,(H,19,21).